The minimum Gasteiger partial charge on any atom is -0.351 e. The molecular formula is C8H16N2O. The Bertz CT molecular complexity index is 136. The first-order chi connectivity index (χ1) is 5.33. The van der Waals surface area contributed by atoms with Crippen molar-refractivity contribution in [2.45, 2.75) is 32.2 Å². The fraction of sp³-hybridized carbons (Fsp3) is 0.875. The zero-order valence-electron chi connectivity index (χ0n) is 7.02. The molecule has 3 nitrogen and oxygen atoms in total. The van der Waals surface area contributed by atoms with Crippen molar-refractivity contribution in [3.05, 3.63) is 0 Å². The summed E-state index contributed by atoms with van der Waals surface area (Å²) in [6.07, 6.45) is 3.51. The molecule has 0 aromatic heterocycles. The van der Waals surface area contributed by atoms with Gasteiger partial charge in [0, 0.05) is 12.6 Å². The molecule has 1 amide bonds. The third-order valence-electron chi connectivity index (χ3n) is 1.95. The van der Waals surface area contributed by atoms with Gasteiger partial charge in [0.05, 0.1) is 6.54 Å². The summed E-state index contributed by atoms with van der Waals surface area (Å²) in [4.78, 5) is 10.9. The number of rotatable bonds is 3. The van der Waals surface area contributed by atoms with Gasteiger partial charge in [-0.05, 0) is 6.42 Å². The van der Waals surface area contributed by atoms with Crippen molar-refractivity contribution in [2.75, 3.05) is 13.1 Å². The molecule has 0 aromatic carbocycles. The first kappa shape index (κ1) is 8.53. The van der Waals surface area contributed by atoms with Gasteiger partial charge in [-0.3, -0.25) is 4.79 Å². The van der Waals surface area contributed by atoms with Crippen molar-refractivity contribution in [3.8, 4) is 0 Å². The molecular weight excluding hydrogens is 140 g/mol. The number of amides is 1. The Morgan fingerprint density at radius 1 is 1.64 bits per heavy atom. The number of carbonyl (C=O) groups excluding carboxylic acids is 1. The predicted molar refractivity (Wildman–Crippen MR) is 44.3 cm³/mol. The summed E-state index contributed by atoms with van der Waals surface area (Å²) < 4.78 is 0. The smallest absolute Gasteiger partial charge is 0.234 e. The summed E-state index contributed by atoms with van der Waals surface area (Å²) in [5, 5.41) is 6.03. The third kappa shape index (κ3) is 2.89. The van der Waals surface area contributed by atoms with Crippen LogP contribution in [0.3, 0.4) is 0 Å². The van der Waals surface area contributed by atoms with Crippen molar-refractivity contribution < 1.29 is 4.79 Å². The average Bonchev–Trinajstić information content (AvgIpc) is 2.01. The lowest BCUT2D eigenvalue weighted by Crippen LogP contribution is -2.51. The molecule has 0 saturated carbocycles. The van der Waals surface area contributed by atoms with E-state index >= 15 is 0 Å². The zero-order chi connectivity index (χ0) is 8.10. The Balaban J connectivity index is 2.17. The van der Waals surface area contributed by atoms with Crippen LogP contribution in [0.15, 0.2) is 0 Å². The molecule has 1 fully saturated rings. The van der Waals surface area contributed by atoms with E-state index in [1.807, 2.05) is 0 Å². The van der Waals surface area contributed by atoms with Crippen LogP contribution in [0.5, 0.6) is 0 Å². The van der Waals surface area contributed by atoms with Crippen molar-refractivity contribution in [1.82, 2.24) is 10.6 Å². The highest BCUT2D eigenvalue weighted by Crippen LogP contribution is 2.01. The summed E-state index contributed by atoms with van der Waals surface area (Å²) in [6.45, 7) is 3.59. The van der Waals surface area contributed by atoms with Gasteiger partial charge in [0.2, 0.25) is 5.91 Å². The van der Waals surface area contributed by atoms with Crippen molar-refractivity contribution >= 4 is 5.91 Å². The Morgan fingerprint density at radius 2 is 2.45 bits per heavy atom. The molecule has 0 radical (unpaired) electrons. The van der Waals surface area contributed by atoms with E-state index in [1.54, 1.807) is 0 Å². The molecule has 1 atom stereocenters. The highest BCUT2D eigenvalue weighted by atomic mass is 16.2. The Morgan fingerprint density at radius 3 is 3.09 bits per heavy atom. The normalized spacial score (nSPS) is 24.8. The lowest BCUT2D eigenvalue weighted by atomic mass is 10.1. The summed E-state index contributed by atoms with van der Waals surface area (Å²) in [6, 6.07) is 0.371. The number of hydrogen-bond donors (Lipinski definition) is 2. The van der Waals surface area contributed by atoms with Crippen molar-refractivity contribution in [1.29, 1.82) is 0 Å². The lowest BCUT2D eigenvalue weighted by molar-refractivity contribution is -0.122. The number of piperazine rings is 1. The fourth-order valence-electron chi connectivity index (χ4n) is 1.31. The first-order valence-electron chi connectivity index (χ1n) is 4.33. The minimum absolute atomic E-state index is 0.136. The quantitative estimate of drug-likeness (QED) is 0.615. The van der Waals surface area contributed by atoms with Gasteiger partial charge in [0.1, 0.15) is 0 Å². The van der Waals surface area contributed by atoms with Crippen LogP contribution in [0, 0.1) is 0 Å². The van der Waals surface area contributed by atoms with Crippen molar-refractivity contribution in [2.24, 2.45) is 0 Å². The highest BCUT2D eigenvalue weighted by molar-refractivity contribution is 5.79. The van der Waals surface area contributed by atoms with Gasteiger partial charge >= 0.3 is 0 Å². The molecule has 1 aliphatic rings. The van der Waals surface area contributed by atoms with Crippen LogP contribution in [-0.4, -0.2) is 25.0 Å². The SMILES string of the molecule is CCCCC1CNCC(=O)N1. The van der Waals surface area contributed by atoms with Crippen LogP contribution in [-0.2, 0) is 4.79 Å². The minimum atomic E-state index is 0.136. The van der Waals surface area contributed by atoms with Gasteiger partial charge in [-0.25, -0.2) is 0 Å². The maximum absolute atomic E-state index is 10.9. The molecule has 64 valence electrons. The van der Waals surface area contributed by atoms with Crippen LogP contribution in [0.1, 0.15) is 26.2 Å². The second-order valence-corrected chi connectivity index (χ2v) is 3.04. The number of nitrogens with one attached hydrogen (secondary N) is 2. The molecule has 0 aliphatic carbocycles. The summed E-state index contributed by atoms with van der Waals surface area (Å²) >= 11 is 0. The molecule has 2 N–H and O–H groups in total. The molecule has 1 aliphatic heterocycles. The molecule has 1 rings (SSSR count). The molecule has 0 spiro atoms. The summed E-state index contributed by atoms with van der Waals surface area (Å²) in [5.74, 6) is 0.136. The number of carbonyl (C=O) groups is 1. The highest BCUT2D eigenvalue weighted by Gasteiger charge is 2.15. The van der Waals surface area contributed by atoms with E-state index in [0.29, 0.717) is 12.6 Å². The second-order valence-electron chi connectivity index (χ2n) is 3.04. The van der Waals surface area contributed by atoms with E-state index in [0.717, 1.165) is 13.0 Å². The van der Waals surface area contributed by atoms with E-state index in [-0.39, 0.29) is 5.91 Å². The topological polar surface area (TPSA) is 41.1 Å². The van der Waals surface area contributed by atoms with Crippen LogP contribution in [0.25, 0.3) is 0 Å². The van der Waals surface area contributed by atoms with Gasteiger partial charge in [-0.2, -0.15) is 0 Å². The second kappa shape index (κ2) is 4.34. The molecule has 1 heterocycles. The van der Waals surface area contributed by atoms with E-state index in [4.69, 9.17) is 0 Å². The monoisotopic (exact) mass is 156 g/mol. The van der Waals surface area contributed by atoms with E-state index in [1.165, 1.54) is 12.8 Å². The predicted octanol–water partition coefficient (Wildman–Crippen LogP) is 0.265. The zero-order valence-corrected chi connectivity index (χ0v) is 7.02. The van der Waals surface area contributed by atoms with Gasteiger partial charge in [-0.1, -0.05) is 19.8 Å². The maximum atomic E-state index is 10.9. The fourth-order valence-corrected chi connectivity index (χ4v) is 1.31. The summed E-state index contributed by atoms with van der Waals surface area (Å²) in [7, 11) is 0. The van der Waals surface area contributed by atoms with Crippen LogP contribution >= 0.6 is 0 Å². The van der Waals surface area contributed by atoms with Crippen LogP contribution in [0.2, 0.25) is 0 Å². The number of unbranched alkanes of at least 4 members (excludes halogenated alkanes) is 1. The molecule has 1 unspecified atom stereocenters. The van der Waals surface area contributed by atoms with Crippen LogP contribution < -0.4 is 10.6 Å². The Hall–Kier alpha value is -0.570. The summed E-state index contributed by atoms with van der Waals surface area (Å²) in [5.41, 5.74) is 0. The molecule has 3 heteroatoms. The van der Waals surface area contributed by atoms with Crippen LogP contribution in [0.4, 0.5) is 0 Å². The van der Waals surface area contributed by atoms with Gasteiger partial charge in [0.15, 0.2) is 0 Å². The Labute approximate surface area is 67.5 Å². The number of hydrogen-bond acceptors (Lipinski definition) is 2. The lowest BCUT2D eigenvalue weighted by Gasteiger charge is -2.23. The molecule has 1 saturated heterocycles. The largest absolute Gasteiger partial charge is 0.351 e. The van der Waals surface area contributed by atoms with E-state index < -0.39 is 0 Å². The van der Waals surface area contributed by atoms with Crippen molar-refractivity contribution in [3.63, 3.8) is 0 Å². The first-order valence-corrected chi connectivity index (χ1v) is 4.33. The van der Waals surface area contributed by atoms with Gasteiger partial charge in [0.25, 0.3) is 0 Å². The molecule has 0 aromatic rings. The van der Waals surface area contributed by atoms with Gasteiger partial charge < -0.3 is 10.6 Å². The standard InChI is InChI=1S/C8H16N2O/c1-2-3-4-7-5-9-6-8(11)10-7/h7,9H,2-6H2,1H3,(H,10,11). The average molecular weight is 156 g/mol. The Kier molecular flexibility index (Phi) is 3.36. The maximum Gasteiger partial charge on any atom is 0.234 e. The van der Waals surface area contributed by atoms with E-state index in [9.17, 15) is 4.79 Å². The van der Waals surface area contributed by atoms with E-state index in [2.05, 4.69) is 17.6 Å². The molecule has 11 heavy (non-hydrogen) atoms. The molecule has 0 bridgehead atoms. The van der Waals surface area contributed by atoms with Gasteiger partial charge in [-0.15, -0.1) is 0 Å². The third-order valence-corrected chi connectivity index (χ3v) is 1.95.